The standard InChI is InChI=1S/C11H16N2O/c1-13(2)10(11(12)14)8-9-6-4-3-5-7-9/h3-7,10H,8H2,1-2H3,(H2,12,14). The summed E-state index contributed by atoms with van der Waals surface area (Å²) in [6, 6.07) is 9.65. The van der Waals surface area contributed by atoms with Crippen molar-refractivity contribution in [2.45, 2.75) is 12.5 Å². The molecule has 0 aromatic heterocycles. The van der Waals surface area contributed by atoms with Crippen molar-refractivity contribution in [3.63, 3.8) is 0 Å². The fraction of sp³-hybridized carbons (Fsp3) is 0.364. The van der Waals surface area contributed by atoms with Crippen molar-refractivity contribution in [1.29, 1.82) is 0 Å². The zero-order chi connectivity index (χ0) is 10.6. The smallest absolute Gasteiger partial charge is 0.235 e. The Morgan fingerprint density at radius 1 is 1.36 bits per heavy atom. The summed E-state index contributed by atoms with van der Waals surface area (Å²) in [7, 11) is 3.72. The Balaban J connectivity index is 2.70. The first-order valence-electron chi connectivity index (χ1n) is 4.61. The lowest BCUT2D eigenvalue weighted by atomic mass is 10.1. The van der Waals surface area contributed by atoms with E-state index in [-0.39, 0.29) is 11.9 Å². The van der Waals surface area contributed by atoms with Gasteiger partial charge in [-0.05, 0) is 26.1 Å². The summed E-state index contributed by atoms with van der Waals surface area (Å²) in [4.78, 5) is 13.0. The summed E-state index contributed by atoms with van der Waals surface area (Å²) in [6.07, 6.45) is 0.670. The maximum atomic E-state index is 11.1. The van der Waals surface area contributed by atoms with Crippen LogP contribution in [0.1, 0.15) is 5.56 Å². The number of rotatable bonds is 4. The third kappa shape index (κ3) is 2.85. The monoisotopic (exact) mass is 192 g/mol. The highest BCUT2D eigenvalue weighted by Gasteiger charge is 2.17. The molecule has 0 fully saturated rings. The summed E-state index contributed by atoms with van der Waals surface area (Å²) in [6.45, 7) is 0. The largest absolute Gasteiger partial charge is 0.368 e. The Labute approximate surface area is 84.5 Å². The average Bonchev–Trinajstić information content (AvgIpc) is 2.15. The normalized spacial score (nSPS) is 12.8. The molecule has 0 aliphatic carbocycles. The molecule has 0 heterocycles. The van der Waals surface area contributed by atoms with Gasteiger partial charge in [-0.1, -0.05) is 30.3 Å². The molecule has 0 saturated carbocycles. The predicted molar refractivity (Wildman–Crippen MR) is 56.8 cm³/mol. The van der Waals surface area contributed by atoms with E-state index in [0.29, 0.717) is 6.42 Å². The van der Waals surface area contributed by atoms with E-state index in [4.69, 9.17) is 5.73 Å². The fourth-order valence-electron chi connectivity index (χ4n) is 1.38. The highest BCUT2D eigenvalue weighted by atomic mass is 16.1. The van der Waals surface area contributed by atoms with Crippen LogP contribution in [-0.2, 0) is 11.2 Å². The van der Waals surface area contributed by atoms with Crippen LogP contribution in [-0.4, -0.2) is 30.9 Å². The van der Waals surface area contributed by atoms with E-state index in [1.807, 2.05) is 49.3 Å². The van der Waals surface area contributed by atoms with Crippen molar-refractivity contribution in [2.24, 2.45) is 5.73 Å². The topological polar surface area (TPSA) is 46.3 Å². The van der Waals surface area contributed by atoms with Gasteiger partial charge in [0.05, 0.1) is 6.04 Å². The van der Waals surface area contributed by atoms with Crippen LogP contribution in [0, 0.1) is 0 Å². The summed E-state index contributed by atoms with van der Waals surface area (Å²) in [5, 5.41) is 0. The van der Waals surface area contributed by atoms with Crippen LogP contribution in [0.5, 0.6) is 0 Å². The molecule has 1 unspecified atom stereocenters. The van der Waals surface area contributed by atoms with Gasteiger partial charge in [0.25, 0.3) is 0 Å². The summed E-state index contributed by atoms with van der Waals surface area (Å²) >= 11 is 0. The average molecular weight is 192 g/mol. The Morgan fingerprint density at radius 2 is 1.93 bits per heavy atom. The van der Waals surface area contributed by atoms with Crippen molar-refractivity contribution in [1.82, 2.24) is 4.90 Å². The summed E-state index contributed by atoms with van der Waals surface area (Å²) in [5.41, 5.74) is 6.43. The first kappa shape index (κ1) is 10.7. The van der Waals surface area contributed by atoms with Crippen molar-refractivity contribution in [3.05, 3.63) is 35.9 Å². The minimum Gasteiger partial charge on any atom is -0.368 e. The van der Waals surface area contributed by atoms with Gasteiger partial charge in [-0.15, -0.1) is 0 Å². The third-order valence-corrected chi connectivity index (χ3v) is 2.22. The van der Waals surface area contributed by atoms with Crippen LogP contribution in [0.15, 0.2) is 30.3 Å². The highest BCUT2D eigenvalue weighted by molar-refractivity contribution is 5.80. The van der Waals surface area contributed by atoms with E-state index in [1.165, 1.54) is 0 Å². The molecule has 2 N–H and O–H groups in total. The fourth-order valence-corrected chi connectivity index (χ4v) is 1.38. The zero-order valence-corrected chi connectivity index (χ0v) is 8.60. The number of primary amides is 1. The van der Waals surface area contributed by atoms with Gasteiger partial charge >= 0.3 is 0 Å². The predicted octanol–water partition coefficient (Wildman–Crippen LogP) is 0.645. The third-order valence-electron chi connectivity index (χ3n) is 2.22. The van der Waals surface area contributed by atoms with E-state index >= 15 is 0 Å². The van der Waals surface area contributed by atoms with Gasteiger partial charge < -0.3 is 5.73 Å². The second-order valence-electron chi connectivity index (χ2n) is 3.57. The number of nitrogens with two attached hydrogens (primary N) is 1. The maximum absolute atomic E-state index is 11.1. The SMILES string of the molecule is CN(C)C(Cc1ccccc1)C(N)=O. The number of amides is 1. The van der Waals surface area contributed by atoms with Gasteiger partial charge in [-0.25, -0.2) is 0 Å². The Morgan fingerprint density at radius 3 is 2.36 bits per heavy atom. The number of carbonyl (C=O) groups excluding carboxylic acids is 1. The molecule has 0 radical (unpaired) electrons. The highest BCUT2D eigenvalue weighted by Crippen LogP contribution is 2.05. The molecule has 3 nitrogen and oxygen atoms in total. The van der Waals surface area contributed by atoms with Crippen molar-refractivity contribution >= 4 is 5.91 Å². The molecular weight excluding hydrogens is 176 g/mol. The molecule has 0 bridgehead atoms. The molecular formula is C11H16N2O. The van der Waals surface area contributed by atoms with E-state index < -0.39 is 0 Å². The Hall–Kier alpha value is -1.35. The maximum Gasteiger partial charge on any atom is 0.235 e. The minimum atomic E-state index is -0.279. The first-order chi connectivity index (χ1) is 6.61. The van der Waals surface area contributed by atoms with Gasteiger partial charge in [0.15, 0.2) is 0 Å². The minimum absolute atomic E-state index is 0.225. The molecule has 1 aromatic rings. The van der Waals surface area contributed by atoms with Crippen LogP contribution in [0.2, 0.25) is 0 Å². The lowest BCUT2D eigenvalue weighted by molar-refractivity contribution is -0.122. The molecule has 0 aliphatic heterocycles. The lowest BCUT2D eigenvalue weighted by Crippen LogP contribution is -2.41. The quantitative estimate of drug-likeness (QED) is 0.761. The number of hydrogen-bond donors (Lipinski definition) is 1. The Bertz CT molecular complexity index is 295. The number of nitrogens with zero attached hydrogens (tertiary/aromatic N) is 1. The molecule has 1 amide bonds. The van der Waals surface area contributed by atoms with Crippen molar-refractivity contribution in [2.75, 3.05) is 14.1 Å². The second kappa shape index (κ2) is 4.77. The molecule has 0 saturated heterocycles. The van der Waals surface area contributed by atoms with Gasteiger partial charge in [-0.2, -0.15) is 0 Å². The molecule has 76 valence electrons. The van der Waals surface area contributed by atoms with Gasteiger partial charge in [0, 0.05) is 0 Å². The molecule has 1 atom stereocenters. The van der Waals surface area contributed by atoms with Crippen LogP contribution >= 0.6 is 0 Å². The summed E-state index contributed by atoms with van der Waals surface area (Å²) in [5.74, 6) is -0.279. The first-order valence-corrected chi connectivity index (χ1v) is 4.61. The van der Waals surface area contributed by atoms with E-state index in [9.17, 15) is 4.79 Å². The molecule has 1 rings (SSSR count). The van der Waals surface area contributed by atoms with Crippen LogP contribution in [0.3, 0.4) is 0 Å². The van der Waals surface area contributed by atoms with Gasteiger partial charge in [-0.3, -0.25) is 9.69 Å². The Kier molecular flexibility index (Phi) is 3.65. The van der Waals surface area contributed by atoms with Crippen LogP contribution in [0.25, 0.3) is 0 Å². The van der Waals surface area contributed by atoms with Crippen molar-refractivity contribution < 1.29 is 4.79 Å². The van der Waals surface area contributed by atoms with E-state index in [0.717, 1.165) is 5.56 Å². The van der Waals surface area contributed by atoms with Crippen molar-refractivity contribution in [3.8, 4) is 0 Å². The number of hydrogen-bond acceptors (Lipinski definition) is 2. The van der Waals surface area contributed by atoms with Gasteiger partial charge in [0.1, 0.15) is 0 Å². The van der Waals surface area contributed by atoms with E-state index in [2.05, 4.69) is 0 Å². The van der Waals surface area contributed by atoms with E-state index in [1.54, 1.807) is 0 Å². The molecule has 0 aliphatic rings. The molecule has 3 heteroatoms. The van der Waals surface area contributed by atoms with Crippen LogP contribution < -0.4 is 5.73 Å². The zero-order valence-electron chi connectivity index (χ0n) is 8.60. The number of carbonyl (C=O) groups is 1. The second-order valence-corrected chi connectivity index (χ2v) is 3.57. The summed E-state index contributed by atoms with van der Waals surface area (Å²) < 4.78 is 0. The lowest BCUT2D eigenvalue weighted by Gasteiger charge is -2.20. The number of likely N-dealkylation sites (N-methyl/N-ethyl adjacent to an activating group) is 1. The molecule has 1 aromatic carbocycles. The molecule has 14 heavy (non-hydrogen) atoms. The van der Waals surface area contributed by atoms with Crippen LogP contribution in [0.4, 0.5) is 0 Å². The molecule has 0 spiro atoms. The van der Waals surface area contributed by atoms with Gasteiger partial charge in [0.2, 0.25) is 5.91 Å². The number of benzene rings is 1.